The van der Waals surface area contributed by atoms with E-state index in [-0.39, 0.29) is 11.9 Å². The zero-order valence-electron chi connectivity index (χ0n) is 15.2. The highest BCUT2D eigenvalue weighted by Crippen LogP contribution is 2.18. The molecule has 1 aromatic carbocycles. The predicted octanol–water partition coefficient (Wildman–Crippen LogP) is 2.95. The number of nitrogens with one attached hydrogen (secondary N) is 1. The van der Waals surface area contributed by atoms with Crippen LogP contribution in [0.15, 0.2) is 28.8 Å². The fourth-order valence-corrected chi connectivity index (χ4v) is 2.78. The summed E-state index contributed by atoms with van der Waals surface area (Å²) in [6.07, 6.45) is 1.10. The normalized spacial score (nSPS) is 12.4. The second kappa shape index (κ2) is 8.11. The van der Waals surface area contributed by atoms with Crippen molar-refractivity contribution in [3.8, 4) is 0 Å². The molecule has 0 spiro atoms. The first kappa shape index (κ1) is 18.2. The van der Waals surface area contributed by atoms with Crippen molar-refractivity contribution in [1.29, 1.82) is 0 Å². The molecule has 5 nitrogen and oxygen atoms in total. The summed E-state index contributed by atoms with van der Waals surface area (Å²) < 4.78 is 5.14. The van der Waals surface area contributed by atoms with Gasteiger partial charge in [0.2, 0.25) is 5.91 Å². The fraction of sp³-hybridized carbons (Fsp3) is 0.474. The Kier molecular flexibility index (Phi) is 6.15. The van der Waals surface area contributed by atoms with Crippen molar-refractivity contribution in [3.05, 3.63) is 52.4 Å². The summed E-state index contributed by atoms with van der Waals surface area (Å²) >= 11 is 0. The number of carbonyl (C=O) groups is 1. The minimum Gasteiger partial charge on any atom is -0.361 e. The highest BCUT2D eigenvalue weighted by Gasteiger charge is 2.16. The maximum Gasteiger partial charge on any atom is 0.220 e. The Morgan fingerprint density at radius 3 is 2.42 bits per heavy atom. The number of amides is 1. The van der Waals surface area contributed by atoms with Crippen molar-refractivity contribution >= 4 is 5.91 Å². The molecule has 0 radical (unpaired) electrons. The van der Waals surface area contributed by atoms with Crippen LogP contribution in [0.1, 0.15) is 40.6 Å². The maximum atomic E-state index is 12.2. The SMILES string of the molecule is Cc1ccc([C@@H](CNC(=O)CCc2c(C)noc2C)N(C)C)cc1. The second-order valence-electron chi connectivity index (χ2n) is 6.50. The molecule has 1 N–H and O–H groups in total. The van der Waals surface area contributed by atoms with E-state index in [1.807, 2.05) is 27.9 Å². The largest absolute Gasteiger partial charge is 0.361 e. The van der Waals surface area contributed by atoms with Crippen molar-refractivity contribution in [3.63, 3.8) is 0 Å². The number of likely N-dealkylation sites (N-methyl/N-ethyl adjacent to an activating group) is 1. The smallest absolute Gasteiger partial charge is 0.220 e. The average Bonchev–Trinajstić information content (AvgIpc) is 2.85. The zero-order valence-corrected chi connectivity index (χ0v) is 15.2. The van der Waals surface area contributed by atoms with Crippen molar-refractivity contribution in [1.82, 2.24) is 15.4 Å². The van der Waals surface area contributed by atoms with Gasteiger partial charge in [0, 0.05) is 18.5 Å². The summed E-state index contributed by atoms with van der Waals surface area (Å²) in [6, 6.07) is 8.61. The van der Waals surface area contributed by atoms with Crippen LogP contribution in [0.5, 0.6) is 0 Å². The summed E-state index contributed by atoms with van der Waals surface area (Å²) in [5.74, 6) is 0.847. The summed E-state index contributed by atoms with van der Waals surface area (Å²) in [6.45, 7) is 6.46. The van der Waals surface area contributed by atoms with E-state index in [1.54, 1.807) is 0 Å². The summed E-state index contributed by atoms with van der Waals surface area (Å²) in [5.41, 5.74) is 4.34. The minimum absolute atomic E-state index is 0.0500. The molecule has 1 amide bonds. The first-order valence-corrected chi connectivity index (χ1v) is 8.30. The van der Waals surface area contributed by atoms with E-state index in [4.69, 9.17) is 4.52 Å². The Hall–Kier alpha value is -2.14. The molecule has 1 heterocycles. The van der Waals surface area contributed by atoms with Crippen LogP contribution in [0, 0.1) is 20.8 Å². The monoisotopic (exact) mass is 329 g/mol. The molecule has 0 aliphatic rings. The number of aromatic nitrogens is 1. The van der Waals surface area contributed by atoms with Gasteiger partial charge in [0.05, 0.1) is 11.7 Å². The van der Waals surface area contributed by atoms with E-state index in [1.165, 1.54) is 11.1 Å². The molecule has 2 rings (SSSR count). The standard InChI is InChI=1S/C19H27N3O2/c1-13-6-8-16(9-7-13)18(22(4)5)12-20-19(23)11-10-17-14(2)21-24-15(17)3/h6-9,18H,10-12H2,1-5H3,(H,20,23)/t18-/m1/s1. The highest BCUT2D eigenvalue weighted by molar-refractivity contribution is 5.76. The maximum absolute atomic E-state index is 12.2. The van der Waals surface area contributed by atoms with Gasteiger partial charge in [0.25, 0.3) is 0 Å². The molecule has 0 fully saturated rings. The van der Waals surface area contributed by atoms with Crippen LogP contribution in [-0.4, -0.2) is 36.6 Å². The molecule has 24 heavy (non-hydrogen) atoms. The third kappa shape index (κ3) is 4.68. The van der Waals surface area contributed by atoms with Crippen LogP contribution in [0.25, 0.3) is 0 Å². The fourth-order valence-electron chi connectivity index (χ4n) is 2.78. The van der Waals surface area contributed by atoms with E-state index < -0.39 is 0 Å². The molecule has 1 atom stereocenters. The number of benzene rings is 1. The molecule has 0 saturated carbocycles. The number of aryl methyl sites for hydroxylation is 3. The van der Waals surface area contributed by atoms with Gasteiger partial charge >= 0.3 is 0 Å². The van der Waals surface area contributed by atoms with Gasteiger partial charge in [-0.1, -0.05) is 35.0 Å². The number of rotatable bonds is 7. The average molecular weight is 329 g/mol. The molecular formula is C19H27N3O2. The zero-order chi connectivity index (χ0) is 17.7. The van der Waals surface area contributed by atoms with E-state index in [0.717, 1.165) is 17.0 Å². The summed E-state index contributed by atoms with van der Waals surface area (Å²) in [5, 5.41) is 6.97. The number of hydrogen-bond donors (Lipinski definition) is 1. The Morgan fingerprint density at radius 2 is 1.88 bits per heavy atom. The number of nitrogens with zero attached hydrogens (tertiary/aromatic N) is 2. The van der Waals surface area contributed by atoms with Crippen LogP contribution >= 0.6 is 0 Å². The quantitative estimate of drug-likeness (QED) is 0.848. The molecule has 0 aliphatic carbocycles. The molecule has 2 aromatic rings. The predicted molar refractivity (Wildman–Crippen MR) is 94.9 cm³/mol. The molecular weight excluding hydrogens is 302 g/mol. The Balaban J connectivity index is 1.89. The lowest BCUT2D eigenvalue weighted by atomic mass is 10.0. The molecule has 0 saturated heterocycles. The number of carbonyl (C=O) groups excluding carboxylic acids is 1. The highest BCUT2D eigenvalue weighted by atomic mass is 16.5. The Morgan fingerprint density at radius 1 is 1.21 bits per heavy atom. The Bertz CT molecular complexity index is 655. The van der Waals surface area contributed by atoms with Crippen molar-refractivity contribution in [2.24, 2.45) is 0 Å². The third-order valence-corrected chi connectivity index (χ3v) is 4.36. The van der Waals surface area contributed by atoms with Crippen molar-refractivity contribution in [2.75, 3.05) is 20.6 Å². The van der Waals surface area contributed by atoms with Gasteiger partial charge in [-0.05, 0) is 46.9 Å². The van der Waals surface area contributed by atoms with Crippen molar-refractivity contribution < 1.29 is 9.32 Å². The van der Waals surface area contributed by atoms with Crippen LogP contribution in [-0.2, 0) is 11.2 Å². The topological polar surface area (TPSA) is 58.4 Å². The summed E-state index contributed by atoms with van der Waals surface area (Å²) in [4.78, 5) is 14.3. The lowest BCUT2D eigenvalue weighted by Crippen LogP contribution is -2.34. The van der Waals surface area contributed by atoms with E-state index in [0.29, 0.717) is 19.4 Å². The lowest BCUT2D eigenvalue weighted by Gasteiger charge is -2.25. The van der Waals surface area contributed by atoms with Crippen LogP contribution < -0.4 is 5.32 Å². The van der Waals surface area contributed by atoms with Gasteiger partial charge in [-0.15, -0.1) is 0 Å². The van der Waals surface area contributed by atoms with Gasteiger partial charge in [0.1, 0.15) is 5.76 Å². The van der Waals surface area contributed by atoms with Crippen molar-refractivity contribution in [2.45, 2.75) is 39.7 Å². The Labute approximate surface area is 144 Å². The van der Waals surface area contributed by atoms with Crippen LogP contribution in [0.4, 0.5) is 0 Å². The molecule has 1 aromatic heterocycles. The van der Waals surface area contributed by atoms with Gasteiger partial charge in [-0.25, -0.2) is 0 Å². The molecule has 5 heteroatoms. The number of hydrogen-bond acceptors (Lipinski definition) is 4. The van der Waals surface area contributed by atoms with Crippen LogP contribution in [0.3, 0.4) is 0 Å². The minimum atomic E-state index is 0.0500. The van der Waals surface area contributed by atoms with Gasteiger partial charge in [-0.2, -0.15) is 0 Å². The molecule has 0 unspecified atom stereocenters. The van der Waals surface area contributed by atoms with Gasteiger partial charge in [0.15, 0.2) is 0 Å². The van der Waals surface area contributed by atoms with Gasteiger partial charge in [-0.3, -0.25) is 4.79 Å². The molecule has 0 bridgehead atoms. The first-order chi connectivity index (χ1) is 11.4. The summed E-state index contributed by atoms with van der Waals surface area (Å²) in [7, 11) is 4.06. The van der Waals surface area contributed by atoms with E-state index in [9.17, 15) is 4.79 Å². The second-order valence-corrected chi connectivity index (χ2v) is 6.50. The molecule has 130 valence electrons. The molecule has 0 aliphatic heterocycles. The lowest BCUT2D eigenvalue weighted by molar-refractivity contribution is -0.121. The van der Waals surface area contributed by atoms with E-state index in [2.05, 4.69) is 46.6 Å². The van der Waals surface area contributed by atoms with Crippen LogP contribution in [0.2, 0.25) is 0 Å². The van der Waals surface area contributed by atoms with Gasteiger partial charge < -0.3 is 14.7 Å². The van der Waals surface area contributed by atoms with E-state index >= 15 is 0 Å². The first-order valence-electron chi connectivity index (χ1n) is 8.30. The third-order valence-electron chi connectivity index (χ3n) is 4.36.